The molecule has 2 heterocycles. The monoisotopic (exact) mass is 521 g/mol. The van der Waals surface area contributed by atoms with Crippen molar-refractivity contribution in [2.24, 2.45) is 5.73 Å². The maximum absolute atomic E-state index is 13.2. The number of hydrogen-bond donors (Lipinski definition) is 5. The van der Waals surface area contributed by atoms with Gasteiger partial charge in [0.25, 0.3) is 17.6 Å². The number of Topliss-reactive ketones (excluding diaryl/α,β-unsaturated/α-hetero) is 1. The van der Waals surface area contributed by atoms with Crippen molar-refractivity contribution in [3.05, 3.63) is 65.9 Å². The van der Waals surface area contributed by atoms with E-state index in [2.05, 4.69) is 10.3 Å². The number of aliphatic carboxylic acids is 1. The standard InChI is InChI=1S/C26H27N5O7/c1-14-13-30(24(35)15-6-3-2-4-7-15)10-11-31(14)25(36)21(32)17-12-28-20-16(17)8-5-9-18(20)29-23(34)19(27)22(33)26(37)38/h2-9,12,14,19,22,28,33H,10-11,13,27H2,1H3,(H,29,34)(H,37,38)/t14-,19?,22?/m1/s1. The Morgan fingerprint density at radius 1 is 1.05 bits per heavy atom. The number of carboxylic acid groups (broad SMARTS) is 1. The first kappa shape index (κ1) is 26.5. The number of aliphatic hydroxyl groups is 1. The first-order valence-electron chi connectivity index (χ1n) is 11.9. The largest absolute Gasteiger partial charge is 0.479 e. The lowest BCUT2D eigenvalue weighted by molar-refractivity contribution is -0.149. The lowest BCUT2D eigenvalue weighted by Crippen LogP contribution is -2.56. The number of ketones is 1. The smallest absolute Gasteiger partial charge is 0.334 e. The third-order valence-corrected chi connectivity index (χ3v) is 6.50. The summed E-state index contributed by atoms with van der Waals surface area (Å²) in [4.78, 5) is 68.4. The van der Waals surface area contributed by atoms with Crippen molar-refractivity contribution in [2.75, 3.05) is 25.0 Å². The van der Waals surface area contributed by atoms with Crippen LogP contribution in [-0.4, -0.2) is 92.3 Å². The van der Waals surface area contributed by atoms with Crippen LogP contribution in [0.2, 0.25) is 0 Å². The van der Waals surface area contributed by atoms with Crippen LogP contribution in [0.15, 0.2) is 54.7 Å². The molecule has 3 amide bonds. The highest BCUT2D eigenvalue weighted by atomic mass is 16.4. The van der Waals surface area contributed by atoms with E-state index in [0.29, 0.717) is 16.5 Å². The quantitative estimate of drug-likeness (QED) is 0.219. The van der Waals surface area contributed by atoms with E-state index in [1.54, 1.807) is 48.2 Å². The van der Waals surface area contributed by atoms with Gasteiger partial charge in [-0.25, -0.2) is 4.79 Å². The van der Waals surface area contributed by atoms with Gasteiger partial charge in [-0.1, -0.05) is 30.3 Å². The molecule has 3 atom stereocenters. The van der Waals surface area contributed by atoms with Crippen molar-refractivity contribution >= 4 is 46.1 Å². The third-order valence-electron chi connectivity index (χ3n) is 6.50. The molecular formula is C26H27N5O7. The van der Waals surface area contributed by atoms with E-state index in [-0.39, 0.29) is 36.8 Å². The molecule has 0 spiro atoms. The van der Waals surface area contributed by atoms with E-state index in [4.69, 9.17) is 10.8 Å². The van der Waals surface area contributed by atoms with Crippen LogP contribution in [0.25, 0.3) is 10.9 Å². The van der Waals surface area contributed by atoms with Gasteiger partial charge in [-0.05, 0) is 25.1 Å². The summed E-state index contributed by atoms with van der Waals surface area (Å²) in [6, 6.07) is 11.3. The van der Waals surface area contributed by atoms with Gasteiger partial charge in [-0.2, -0.15) is 0 Å². The Morgan fingerprint density at radius 3 is 2.42 bits per heavy atom. The van der Waals surface area contributed by atoms with Crippen molar-refractivity contribution in [1.29, 1.82) is 0 Å². The molecule has 1 aliphatic heterocycles. The molecule has 0 bridgehead atoms. The average Bonchev–Trinajstić information content (AvgIpc) is 3.36. The van der Waals surface area contributed by atoms with E-state index in [1.165, 1.54) is 17.2 Å². The number of nitrogens with two attached hydrogens (primary N) is 1. The number of carboxylic acids is 1. The number of benzene rings is 2. The topological polar surface area (TPSA) is 186 Å². The van der Waals surface area contributed by atoms with Crippen molar-refractivity contribution in [3.8, 4) is 0 Å². The number of aromatic nitrogens is 1. The summed E-state index contributed by atoms with van der Waals surface area (Å²) in [5.41, 5.74) is 6.67. The molecule has 1 aromatic heterocycles. The molecule has 1 fully saturated rings. The van der Waals surface area contributed by atoms with Crippen LogP contribution in [0.5, 0.6) is 0 Å². The molecule has 2 aromatic carbocycles. The summed E-state index contributed by atoms with van der Waals surface area (Å²) in [5.74, 6) is -4.20. The van der Waals surface area contributed by atoms with Crippen molar-refractivity contribution in [3.63, 3.8) is 0 Å². The zero-order chi connectivity index (χ0) is 27.6. The molecule has 3 aromatic rings. The number of aliphatic hydroxyl groups excluding tert-OH is 1. The van der Waals surface area contributed by atoms with Gasteiger partial charge in [0, 0.05) is 42.8 Å². The van der Waals surface area contributed by atoms with E-state index >= 15 is 0 Å². The summed E-state index contributed by atoms with van der Waals surface area (Å²) < 4.78 is 0. The molecule has 0 aliphatic carbocycles. The Balaban J connectivity index is 1.48. The Hall–Kier alpha value is -4.55. The summed E-state index contributed by atoms with van der Waals surface area (Å²) in [5, 5.41) is 21.2. The van der Waals surface area contributed by atoms with Gasteiger partial charge < -0.3 is 36.0 Å². The second kappa shape index (κ2) is 10.8. The minimum atomic E-state index is -2.10. The van der Waals surface area contributed by atoms with Crippen LogP contribution in [-0.2, 0) is 14.4 Å². The van der Waals surface area contributed by atoms with Gasteiger partial charge in [0.1, 0.15) is 6.04 Å². The molecule has 38 heavy (non-hydrogen) atoms. The van der Waals surface area contributed by atoms with Crippen LogP contribution < -0.4 is 11.1 Å². The fourth-order valence-electron chi connectivity index (χ4n) is 4.41. The molecule has 198 valence electrons. The van der Waals surface area contributed by atoms with Crippen LogP contribution in [0.3, 0.4) is 0 Å². The second-order valence-corrected chi connectivity index (χ2v) is 9.02. The summed E-state index contributed by atoms with van der Waals surface area (Å²) in [6.45, 7) is 2.52. The molecule has 0 saturated carbocycles. The molecule has 12 heteroatoms. The fourth-order valence-corrected chi connectivity index (χ4v) is 4.41. The number of H-pyrrole nitrogens is 1. The highest BCUT2D eigenvalue weighted by Gasteiger charge is 2.34. The highest BCUT2D eigenvalue weighted by molar-refractivity contribution is 6.45. The predicted octanol–water partition coefficient (Wildman–Crippen LogP) is 0.435. The number of amides is 3. The van der Waals surface area contributed by atoms with Gasteiger partial charge in [-0.15, -0.1) is 0 Å². The number of rotatable bonds is 7. The Morgan fingerprint density at radius 2 is 1.76 bits per heavy atom. The number of hydrogen-bond acceptors (Lipinski definition) is 7. The summed E-state index contributed by atoms with van der Waals surface area (Å²) in [7, 11) is 0. The Labute approximate surface area is 217 Å². The van der Waals surface area contributed by atoms with E-state index in [0.717, 1.165) is 0 Å². The minimum Gasteiger partial charge on any atom is -0.479 e. The number of carbonyl (C=O) groups excluding carboxylic acids is 4. The zero-order valence-electron chi connectivity index (χ0n) is 20.5. The Kier molecular flexibility index (Phi) is 7.55. The molecule has 4 rings (SSSR count). The lowest BCUT2D eigenvalue weighted by atomic mass is 10.1. The van der Waals surface area contributed by atoms with Gasteiger partial charge in [0.2, 0.25) is 5.91 Å². The van der Waals surface area contributed by atoms with Gasteiger partial charge in [0.05, 0.1) is 16.8 Å². The fraction of sp³-hybridized carbons (Fsp3) is 0.269. The molecule has 2 unspecified atom stereocenters. The van der Waals surface area contributed by atoms with E-state index in [1.807, 2.05) is 6.07 Å². The maximum Gasteiger partial charge on any atom is 0.334 e. The van der Waals surface area contributed by atoms with E-state index in [9.17, 15) is 29.1 Å². The van der Waals surface area contributed by atoms with Gasteiger partial charge in [-0.3, -0.25) is 19.2 Å². The van der Waals surface area contributed by atoms with Crippen molar-refractivity contribution in [2.45, 2.75) is 25.1 Å². The molecule has 6 N–H and O–H groups in total. The number of para-hydroxylation sites is 1. The molecule has 1 aliphatic rings. The number of carbonyl (C=O) groups is 5. The van der Waals surface area contributed by atoms with Crippen LogP contribution >= 0.6 is 0 Å². The maximum atomic E-state index is 13.2. The van der Waals surface area contributed by atoms with Crippen LogP contribution in [0, 0.1) is 0 Å². The van der Waals surface area contributed by atoms with Gasteiger partial charge >= 0.3 is 5.97 Å². The first-order valence-corrected chi connectivity index (χ1v) is 11.9. The third kappa shape index (κ3) is 5.12. The summed E-state index contributed by atoms with van der Waals surface area (Å²) in [6.07, 6.45) is -0.745. The number of nitrogens with zero attached hydrogens (tertiary/aromatic N) is 2. The molecular weight excluding hydrogens is 494 g/mol. The van der Waals surface area contributed by atoms with Crippen molar-refractivity contribution in [1.82, 2.24) is 14.8 Å². The van der Waals surface area contributed by atoms with Crippen molar-refractivity contribution < 1.29 is 34.2 Å². The lowest BCUT2D eigenvalue weighted by Gasteiger charge is -2.39. The minimum absolute atomic E-state index is 0.0889. The Bertz CT molecular complexity index is 1400. The highest BCUT2D eigenvalue weighted by Crippen LogP contribution is 2.27. The normalized spacial score (nSPS) is 17.1. The predicted molar refractivity (Wildman–Crippen MR) is 136 cm³/mol. The second-order valence-electron chi connectivity index (χ2n) is 9.02. The molecule has 0 radical (unpaired) electrons. The van der Waals surface area contributed by atoms with Crippen LogP contribution in [0.4, 0.5) is 5.69 Å². The zero-order valence-corrected chi connectivity index (χ0v) is 20.5. The number of anilines is 1. The average molecular weight is 522 g/mol. The SMILES string of the molecule is C[C@@H]1CN(C(=O)c2ccccc2)CCN1C(=O)C(=O)c1c[nH]c2c(NC(=O)C(N)C(O)C(=O)O)cccc12. The summed E-state index contributed by atoms with van der Waals surface area (Å²) >= 11 is 0. The number of aromatic amines is 1. The van der Waals surface area contributed by atoms with Gasteiger partial charge in [0.15, 0.2) is 6.10 Å². The number of piperazine rings is 1. The molecule has 1 saturated heterocycles. The molecule has 12 nitrogen and oxygen atoms in total. The van der Waals surface area contributed by atoms with E-state index < -0.39 is 41.8 Å². The first-order chi connectivity index (χ1) is 18.1. The van der Waals surface area contributed by atoms with Crippen LogP contribution in [0.1, 0.15) is 27.6 Å². The number of nitrogens with one attached hydrogen (secondary N) is 2. The number of fused-ring (bicyclic) bond motifs is 1.